The van der Waals surface area contributed by atoms with Gasteiger partial charge in [0.05, 0.1) is 13.0 Å². The summed E-state index contributed by atoms with van der Waals surface area (Å²) < 4.78 is 5.11. The van der Waals surface area contributed by atoms with Gasteiger partial charge in [-0.05, 0) is 37.1 Å². The van der Waals surface area contributed by atoms with Crippen molar-refractivity contribution < 1.29 is 14.6 Å². The summed E-state index contributed by atoms with van der Waals surface area (Å²) in [6.45, 7) is 1.69. The molecule has 0 heterocycles. The highest BCUT2D eigenvalue weighted by atomic mass is 16.5. The number of carboxylic acids is 1. The maximum absolute atomic E-state index is 10.7. The summed E-state index contributed by atoms with van der Waals surface area (Å²) in [6.07, 6.45) is 0.822. The van der Waals surface area contributed by atoms with Crippen LogP contribution in [0.5, 0.6) is 5.75 Å². The fraction of sp³-hybridized carbons (Fsp3) is 0.500. The lowest BCUT2D eigenvalue weighted by Gasteiger charge is -2.16. The van der Waals surface area contributed by atoms with Crippen molar-refractivity contribution >= 4 is 5.97 Å². The third-order valence-electron chi connectivity index (χ3n) is 3.40. The molecule has 0 spiro atoms. The lowest BCUT2D eigenvalue weighted by atomic mass is 10.2. The van der Waals surface area contributed by atoms with Crippen LogP contribution in [0.4, 0.5) is 0 Å². The second-order valence-corrected chi connectivity index (χ2v) is 4.99. The molecule has 2 atom stereocenters. The zero-order valence-corrected chi connectivity index (χ0v) is 10.8. The van der Waals surface area contributed by atoms with Crippen molar-refractivity contribution in [3.63, 3.8) is 0 Å². The maximum atomic E-state index is 10.7. The average Bonchev–Trinajstić information content (AvgIpc) is 3.09. The number of rotatable bonds is 6. The molecule has 0 aliphatic heterocycles. The van der Waals surface area contributed by atoms with Crippen LogP contribution in [0.3, 0.4) is 0 Å². The molecule has 1 aliphatic rings. The van der Waals surface area contributed by atoms with Crippen LogP contribution in [0, 0.1) is 11.8 Å². The predicted octanol–water partition coefficient (Wildman–Crippen LogP) is 1.85. The molecule has 18 heavy (non-hydrogen) atoms. The van der Waals surface area contributed by atoms with Crippen molar-refractivity contribution in [1.82, 2.24) is 4.90 Å². The van der Waals surface area contributed by atoms with Gasteiger partial charge in [0.25, 0.3) is 0 Å². The quantitative estimate of drug-likeness (QED) is 0.836. The highest BCUT2D eigenvalue weighted by Crippen LogP contribution is 2.39. The van der Waals surface area contributed by atoms with Crippen molar-refractivity contribution in [1.29, 1.82) is 0 Å². The van der Waals surface area contributed by atoms with Gasteiger partial charge in [0.15, 0.2) is 0 Å². The smallest absolute Gasteiger partial charge is 0.306 e. The average molecular weight is 249 g/mol. The van der Waals surface area contributed by atoms with Crippen molar-refractivity contribution in [3.05, 3.63) is 29.8 Å². The molecule has 0 amide bonds. The first kappa shape index (κ1) is 12.9. The highest BCUT2D eigenvalue weighted by Gasteiger charge is 2.43. The molecular weight excluding hydrogens is 230 g/mol. The van der Waals surface area contributed by atoms with Crippen molar-refractivity contribution in [2.24, 2.45) is 11.8 Å². The SMILES string of the molecule is COc1ccc(CN(C)CC2CC2C(=O)O)cc1. The first-order valence-corrected chi connectivity index (χ1v) is 6.14. The molecule has 1 aromatic carbocycles. The third kappa shape index (κ3) is 3.23. The Morgan fingerprint density at radius 3 is 2.61 bits per heavy atom. The van der Waals surface area contributed by atoms with Crippen LogP contribution in [0.1, 0.15) is 12.0 Å². The molecule has 0 radical (unpaired) electrons. The van der Waals surface area contributed by atoms with E-state index in [-0.39, 0.29) is 5.92 Å². The van der Waals surface area contributed by atoms with Gasteiger partial charge in [-0.1, -0.05) is 12.1 Å². The molecule has 1 N–H and O–H groups in total. The molecule has 1 fully saturated rings. The lowest BCUT2D eigenvalue weighted by Crippen LogP contribution is -2.21. The Bertz CT molecular complexity index is 416. The molecule has 0 saturated heterocycles. The first-order chi connectivity index (χ1) is 8.60. The highest BCUT2D eigenvalue weighted by molar-refractivity contribution is 5.73. The molecular formula is C14H19NO3. The normalized spacial score (nSPS) is 21.9. The minimum atomic E-state index is -0.655. The van der Waals surface area contributed by atoms with Crippen LogP contribution < -0.4 is 4.74 Å². The van der Waals surface area contributed by atoms with Gasteiger partial charge in [-0.2, -0.15) is 0 Å². The van der Waals surface area contributed by atoms with Crippen LogP contribution >= 0.6 is 0 Å². The topological polar surface area (TPSA) is 49.8 Å². The fourth-order valence-electron chi connectivity index (χ4n) is 2.26. The Kier molecular flexibility index (Phi) is 3.87. The van der Waals surface area contributed by atoms with E-state index in [1.807, 2.05) is 31.3 Å². The van der Waals surface area contributed by atoms with E-state index in [1.165, 1.54) is 5.56 Å². The van der Waals surface area contributed by atoms with Gasteiger partial charge in [0.1, 0.15) is 5.75 Å². The number of methoxy groups -OCH3 is 1. The number of hydrogen-bond donors (Lipinski definition) is 1. The molecule has 2 rings (SSSR count). The van der Waals surface area contributed by atoms with Crippen LogP contribution in [0.2, 0.25) is 0 Å². The van der Waals surface area contributed by atoms with Gasteiger partial charge in [-0.25, -0.2) is 0 Å². The number of nitrogens with zero attached hydrogens (tertiary/aromatic N) is 1. The van der Waals surface area contributed by atoms with E-state index in [0.29, 0.717) is 5.92 Å². The third-order valence-corrected chi connectivity index (χ3v) is 3.40. The van der Waals surface area contributed by atoms with Crippen LogP contribution in [0.25, 0.3) is 0 Å². The van der Waals surface area contributed by atoms with E-state index in [4.69, 9.17) is 9.84 Å². The summed E-state index contributed by atoms with van der Waals surface area (Å²) in [5.41, 5.74) is 1.21. The molecule has 1 saturated carbocycles. The zero-order chi connectivity index (χ0) is 13.1. The maximum Gasteiger partial charge on any atom is 0.306 e. The van der Waals surface area contributed by atoms with Gasteiger partial charge < -0.3 is 14.7 Å². The summed E-state index contributed by atoms with van der Waals surface area (Å²) in [5.74, 6) is 0.404. The minimum absolute atomic E-state index is 0.122. The zero-order valence-electron chi connectivity index (χ0n) is 10.8. The molecule has 4 heteroatoms. The first-order valence-electron chi connectivity index (χ1n) is 6.14. The van der Waals surface area contributed by atoms with E-state index in [0.717, 1.165) is 25.3 Å². The Hall–Kier alpha value is -1.55. The summed E-state index contributed by atoms with van der Waals surface area (Å²) in [6, 6.07) is 7.97. The molecule has 1 aliphatic carbocycles. The number of aliphatic carboxylic acids is 1. The van der Waals surface area contributed by atoms with E-state index >= 15 is 0 Å². The molecule has 1 aromatic rings. The van der Waals surface area contributed by atoms with Gasteiger partial charge in [0, 0.05) is 13.1 Å². The van der Waals surface area contributed by atoms with Crippen LogP contribution in [0.15, 0.2) is 24.3 Å². The monoisotopic (exact) mass is 249 g/mol. The molecule has 4 nitrogen and oxygen atoms in total. The van der Waals surface area contributed by atoms with Gasteiger partial charge >= 0.3 is 5.97 Å². The van der Waals surface area contributed by atoms with E-state index in [2.05, 4.69) is 4.90 Å². The summed E-state index contributed by atoms with van der Waals surface area (Å²) in [7, 11) is 3.68. The van der Waals surface area contributed by atoms with E-state index < -0.39 is 5.97 Å². The molecule has 2 unspecified atom stereocenters. The Balaban J connectivity index is 1.80. The van der Waals surface area contributed by atoms with Crippen molar-refractivity contribution in [2.45, 2.75) is 13.0 Å². The second-order valence-electron chi connectivity index (χ2n) is 4.99. The second kappa shape index (κ2) is 5.40. The standard InChI is InChI=1S/C14H19NO3/c1-15(9-11-7-13(11)14(16)17)8-10-3-5-12(18-2)6-4-10/h3-6,11,13H,7-9H2,1-2H3,(H,16,17). The lowest BCUT2D eigenvalue weighted by molar-refractivity contribution is -0.138. The number of benzene rings is 1. The summed E-state index contributed by atoms with van der Waals surface area (Å²) >= 11 is 0. The largest absolute Gasteiger partial charge is 0.497 e. The summed E-state index contributed by atoms with van der Waals surface area (Å²) in [5, 5.41) is 8.85. The van der Waals surface area contributed by atoms with Crippen LogP contribution in [-0.2, 0) is 11.3 Å². The van der Waals surface area contributed by atoms with Crippen molar-refractivity contribution in [2.75, 3.05) is 20.7 Å². The number of ether oxygens (including phenoxy) is 1. The minimum Gasteiger partial charge on any atom is -0.497 e. The Labute approximate surface area is 107 Å². The van der Waals surface area contributed by atoms with Gasteiger partial charge in [-0.3, -0.25) is 4.79 Å². The molecule has 98 valence electrons. The molecule has 0 aromatic heterocycles. The Morgan fingerprint density at radius 2 is 2.11 bits per heavy atom. The number of hydrogen-bond acceptors (Lipinski definition) is 3. The van der Waals surface area contributed by atoms with Gasteiger partial charge in [0.2, 0.25) is 0 Å². The predicted molar refractivity (Wildman–Crippen MR) is 68.6 cm³/mol. The number of carboxylic acid groups (broad SMARTS) is 1. The van der Waals surface area contributed by atoms with E-state index in [9.17, 15) is 4.79 Å². The van der Waals surface area contributed by atoms with Crippen LogP contribution in [-0.4, -0.2) is 36.7 Å². The Morgan fingerprint density at radius 1 is 1.44 bits per heavy atom. The van der Waals surface area contributed by atoms with Gasteiger partial charge in [-0.15, -0.1) is 0 Å². The number of carbonyl (C=O) groups is 1. The van der Waals surface area contributed by atoms with Crippen molar-refractivity contribution in [3.8, 4) is 5.75 Å². The summed E-state index contributed by atoms with van der Waals surface area (Å²) in [4.78, 5) is 12.9. The fourth-order valence-corrected chi connectivity index (χ4v) is 2.26. The molecule has 0 bridgehead atoms. The van der Waals surface area contributed by atoms with E-state index in [1.54, 1.807) is 7.11 Å².